The van der Waals surface area contributed by atoms with Crippen molar-refractivity contribution in [2.45, 2.75) is 58.4 Å². The molecule has 0 radical (unpaired) electrons. The highest BCUT2D eigenvalue weighted by Gasteiger charge is 2.30. The molecule has 0 unspecified atom stereocenters. The molecule has 4 nitrogen and oxygen atoms in total. The first-order valence-corrected chi connectivity index (χ1v) is 13.9. The second kappa shape index (κ2) is 14.5. The Balaban J connectivity index is 1.82. The molecule has 0 aliphatic carbocycles. The highest BCUT2D eigenvalue weighted by Crippen LogP contribution is 2.19. The summed E-state index contributed by atoms with van der Waals surface area (Å²) < 4.78 is 0. The van der Waals surface area contributed by atoms with Crippen LogP contribution in [0.2, 0.25) is 0 Å². The van der Waals surface area contributed by atoms with Crippen LogP contribution in [0, 0.1) is 13.8 Å². The predicted molar refractivity (Wildman–Crippen MR) is 151 cm³/mol. The van der Waals surface area contributed by atoms with Crippen LogP contribution in [0.1, 0.15) is 47.6 Å². The number of nitrogens with zero attached hydrogens (tertiary/aromatic N) is 1. The fraction of sp³-hybridized carbons (Fsp3) is 0.355. The van der Waals surface area contributed by atoms with Gasteiger partial charge in [-0.1, -0.05) is 103 Å². The molecular formula is C31H38N2O2S. The standard InChI is InChI=1S/C31H38N2O2S/c1-4-5-18-32-31(35)29(20-26-11-7-6-8-12-26)33(21-27-16-14-24(2)15-17-27)30(34)23-36-22-28-13-9-10-25(3)19-28/h6-17,19,29H,4-5,18,20-23H2,1-3H3,(H,32,35)/t29-/m1/s1. The third kappa shape index (κ3) is 8.87. The van der Waals surface area contributed by atoms with Gasteiger partial charge in [-0.2, -0.15) is 0 Å². The summed E-state index contributed by atoms with van der Waals surface area (Å²) in [5, 5.41) is 3.08. The van der Waals surface area contributed by atoms with E-state index in [9.17, 15) is 9.59 Å². The van der Waals surface area contributed by atoms with Gasteiger partial charge in [0.05, 0.1) is 5.75 Å². The number of carbonyl (C=O) groups excluding carboxylic acids is 2. The number of benzene rings is 3. The van der Waals surface area contributed by atoms with Crippen molar-refractivity contribution in [3.63, 3.8) is 0 Å². The largest absolute Gasteiger partial charge is 0.354 e. The Bertz CT molecular complexity index is 1100. The van der Waals surface area contributed by atoms with Gasteiger partial charge >= 0.3 is 0 Å². The van der Waals surface area contributed by atoms with E-state index in [4.69, 9.17) is 0 Å². The molecule has 2 amide bonds. The van der Waals surface area contributed by atoms with Crippen LogP contribution < -0.4 is 5.32 Å². The number of hydrogen-bond acceptors (Lipinski definition) is 3. The minimum absolute atomic E-state index is 0.0141. The number of carbonyl (C=O) groups is 2. The number of hydrogen-bond donors (Lipinski definition) is 1. The summed E-state index contributed by atoms with van der Waals surface area (Å²) in [6.07, 6.45) is 2.41. The molecule has 36 heavy (non-hydrogen) atoms. The zero-order valence-electron chi connectivity index (χ0n) is 21.7. The summed E-state index contributed by atoms with van der Waals surface area (Å²) in [6.45, 7) is 7.26. The summed E-state index contributed by atoms with van der Waals surface area (Å²) in [7, 11) is 0. The molecule has 3 rings (SSSR count). The highest BCUT2D eigenvalue weighted by atomic mass is 32.2. The van der Waals surface area contributed by atoms with Crippen molar-refractivity contribution in [1.29, 1.82) is 0 Å². The van der Waals surface area contributed by atoms with Crippen LogP contribution in [0.4, 0.5) is 0 Å². The summed E-state index contributed by atoms with van der Waals surface area (Å²) >= 11 is 1.60. The molecule has 0 saturated heterocycles. The van der Waals surface area contributed by atoms with Crippen LogP contribution in [0.15, 0.2) is 78.9 Å². The Morgan fingerprint density at radius 1 is 0.861 bits per heavy atom. The van der Waals surface area contributed by atoms with E-state index >= 15 is 0 Å². The Hall–Kier alpha value is -3.05. The Morgan fingerprint density at radius 3 is 2.28 bits per heavy atom. The van der Waals surface area contributed by atoms with Crippen LogP contribution >= 0.6 is 11.8 Å². The van der Waals surface area contributed by atoms with Crippen molar-refractivity contribution < 1.29 is 9.59 Å². The van der Waals surface area contributed by atoms with Gasteiger partial charge in [0.1, 0.15) is 6.04 Å². The van der Waals surface area contributed by atoms with Crippen LogP contribution in [-0.4, -0.2) is 35.1 Å². The third-order valence-electron chi connectivity index (χ3n) is 6.15. The number of thioether (sulfide) groups is 1. The van der Waals surface area contributed by atoms with Crippen molar-refractivity contribution in [2.24, 2.45) is 0 Å². The highest BCUT2D eigenvalue weighted by molar-refractivity contribution is 7.99. The molecule has 5 heteroatoms. The molecule has 0 aliphatic heterocycles. The van der Waals surface area contributed by atoms with Gasteiger partial charge in [0.2, 0.25) is 11.8 Å². The third-order valence-corrected chi connectivity index (χ3v) is 7.14. The van der Waals surface area contributed by atoms with Gasteiger partial charge in [0, 0.05) is 25.3 Å². The number of nitrogens with one attached hydrogen (secondary N) is 1. The number of unbranched alkanes of at least 4 members (excludes halogenated alkanes) is 1. The van der Waals surface area contributed by atoms with Crippen LogP contribution in [0.5, 0.6) is 0 Å². The molecular weight excluding hydrogens is 464 g/mol. The molecule has 190 valence electrons. The Labute approximate surface area is 220 Å². The summed E-state index contributed by atoms with van der Waals surface area (Å²) in [4.78, 5) is 28.9. The molecule has 3 aromatic carbocycles. The van der Waals surface area contributed by atoms with Crippen LogP contribution in [0.3, 0.4) is 0 Å². The Kier molecular flexibility index (Phi) is 11.1. The lowest BCUT2D eigenvalue weighted by molar-refractivity contribution is -0.139. The molecule has 0 spiro atoms. The first-order chi connectivity index (χ1) is 17.5. The predicted octanol–water partition coefficient (Wildman–Crippen LogP) is 6.09. The van der Waals surface area contributed by atoms with Crippen molar-refractivity contribution in [2.75, 3.05) is 12.3 Å². The Morgan fingerprint density at radius 2 is 1.58 bits per heavy atom. The monoisotopic (exact) mass is 502 g/mol. The van der Waals surface area contributed by atoms with Crippen molar-refractivity contribution in [1.82, 2.24) is 10.2 Å². The molecule has 0 saturated carbocycles. The van der Waals surface area contributed by atoms with Crippen LogP contribution in [0.25, 0.3) is 0 Å². The van der Waals surface area contributed by atoms with Crippen LogP contribution in [-0.2, 0) is 28.3 Å². The fourth-order valence-corrected chi connectivity index (χ4v) is 4.95. The van der Waals surface area contributed by atoms with E-state index in [-0.39, 0.29) is 11.8 Å². The first kappa shape index (κ1) is 27.5. The fourth-order valence-electron chi connectivity index (χ4n) is 4.09. The van der Waals surface area contributed by atoms with Gasteiger partial charge in [-0.3, -0.25) is 9.59 Å². The smallest absolute Gasteiger partial charge is 0.243 e. The SMILES string of the molecule is CCCCNC(=O)[C@@H](Cc1ccccc1)N(Cc1ccc(C)cc1)C(=O)CSCc1cccc(C)c1. The van der Waals surface area contributed by atoms with Gasteiger partial charge < -0.3 is 10.2 Å². The quantitative estimate of drug-likeness (QED) is 0.288. The van der Waals surface area contributed by atoms with Gasteiger partial charge in [-0.25, -0.2) is 0 Å². The van der Waals surface area contributed by atoms with Crippen molar-refractivity contribution in [3.05, 3.63) is 107 Å². The zero-order valence-corrected chi connectivity index (χ0v) is 22.5. The van der Waals surface area contributed by atoms with Crippen molar-refractivity contribution in [3.8, 4) is 0 Å². The molecule has 0 aromatic heterocycles. The molecule has 1 N–H and O–H groups in total. The minimum atomic E-state index is -0.572. The number of amides is 2. The molecule has 0 bridgehead atoms. The zero-order chi connectivity index (χ0) is 25.8. The maximum atomic E-state index is 13.7. The normalized spacial score (nSPS) is 11.6. The van der Waals surface area contributed by atoms with E-state index in [1.807, 2.05) is 55.5 Å². The maximum Gasteiger partial charge on any atom is 0.243 e. The second-order valence-corrected chi connectivity index (χ2v) is 10.3. The minimum Gasteiger partial charge on any atom is -0.354 e. The van der Waals surface area contributed by atoms with E-state index < -0.39 is 6.04 Å². The maximum absolute atomic E-state index is 13.7. The van der Waals surface area contributed by atoms with Crippen molar-refractivity contribution >= 4 is 23.6 Å². The molecule has 1 atom stereocenters. The van der Waals surface area contributed by atoms with E-state index in [1.54, 1.807) is 16.7 Å². The van der Waals surface area contributed by atoms with Gasteiger partial charge in [0.15, 0.2) is 0 Å². The average molecular weight is 503 g/mol. The van der Waals surface area contributed by atoms with E-state index in [1.165, 1.54) is 16.7 Å². The average Bonchev–Trinajstić information content (AvgIpc) is 2.88. The van der Waals surface area contributed by atoms with Gasteiger partial charge in [-0.15, -0.1) is 11.8 Å². The van der Waals surface area contributed by atoms with Gasteiger partial charge in [-0.05, 0) is 37.0 Å². The lowest BCUT2D eigenvalue weighted by atomic mass is 10.0. The summed E-state index contributed by atoms with van der Waals surface area (Å²) in [5.41, 5.74) is 5.66. The topological polar surface area (TPSA) is 49.4 Å². The first-order valence-electron chi connectivity index (χ1n) is 12.8. The molecule has 0 fully saturated rings. The summed E-state index contributed by atoms with van der Waals surface area (Å²) in [5.74, 6) is 0.988. The van der Waals surface area contributed by atoms with Gasteiger partial charge in [0.25, 0.3) is 0 Å². The van der Waals surface area contributed by atoms with E-state index in [2.05, 4.69) is 49.5 Å². The number of rotatable bonds is 13. The molecule has 0 aliphatic rings. The summed E-state index contributed by atoms with van der Waals surface area (Å²) in [6, 6.07) is 26.0. The molecule has 0 heterocycles. The second-order valence-electron chi connectivity index (χ2n) is 9.34. The number of aryl methyl sites for hydroxylation is 2. The lowest BCUT2D eigenvalue weighted by Crippen LogP contribution is -2.51. The van der Waals surface area contributed by atoms with E-state index in [0.29, 0.717) is 25.3 Å². The molecule has 3 aromatic rings. The van der Waals surface area contributed by atoms with E-state index in [0.717, 1.165) is 29.7 Å². The lowest BCUT2D eigenvalue weighted by Gasteiger charge is -2.31.